The highest BCUT2D eigenvalue weighted by Gasteiger charge is 2.26. The second-order valence-corrected chi connectivity index (χ2v) is 9.41. The Morgan fingerprint density at radius 1 is 0.850 bits per heavy atom. The summed E-state index contributed by atoms with van der Waals surface area (Å²) in [6.07, 6.45) is 1.72. The third kappa shape index (κ3) is 5.11. The molecule has 0 unspecified atom stereocenters. The van der Waals surface area contributed by atoms with Crippen LogP contribution >= 0.6 is 0 Å². The van der Waals surface area contributed by atoms with Crippen LogP contribution in [0.25, 0.3) is 28.1 Å². The molecule has 0 radical (unpaired) electrons. The molecule has 5 aromatic rings. The van der Waals surface area contributed by atoms with Crippen molar-refractivity contribution in [3.63, 3.8) is 0 Å². The maximum absolute atomic E-state index is 11.3. The van der Waals surface area contributed by atoms with Crippen LogP contribution < -0.4 is 4.74 Å². The number of benzene rings is 4. The summed E-state index contributed by atoms with van der Waals surface area (Å²) in [5.74, 6) is 1.20. The van der Waals surface area contributed by atoms with Crippen LogP contribution in [0, 0.1) is 35.3 Å². The first-order valence-electron chi connectivity index (χ1n) is 12.7. The lowest BCUT2D eigenvalue weighted by molar-refractivity contribution is -0.384. The van der Waals surface area contributed by atoms with Crippen molar-refractivity contribution in [3.05, 3.63) is 129 Å². The van der Waals surface area contributed by atoms with Crippen molar-refractivity contribution in [1.82, 2.24) is 4.57 Å². The van der Waals surface area contributed by atoms with E-state index < -0.39 is 4.92 Å². The standard InChI is InChI=1S/C33H26N4O3/c1-22-4-10-26(11-5-22)32-31(25-12-16-28(17-13-25)37(38)39)30(20-34)33(36(32)27-14-6-23(2)7-15-27)35-21-24-8-18-29(40-3)19-9-24/h4-19,21H,1-3H3/b35-21+. The minimum Gasteiger partial charge on any atom is -0.497 e. The normalized spacial score (nSPS) is 10.9. The van der Waals surface area contributed by atoms with Gasteiger partial charge in [0.2, 0.25) is 0 Å². The molecule has 0 amide bonds. The Labute approximate surface area is 232 Å². The lowest BCUT2D eigenvalue weighted by atomic mass is 9.97. The fourth-order valence-corrected chi connectivity index (χ4v) is 4.57. The second kappa shape index (κ2) is 11.1. The molecule has 0 atom stereocenters. The first-order chi connectivity index (χ1) is 19.4. The van der Waals surface area contributed by atoms with Crippen LogP contribution in [0.4, 0.5) is 11.5 Å². The van der Waals surface area contributed by atoms with E-state index in [1.54, 1.807) is 25.5 Å². The van der Waals surface area contributed by atoms with Crippen LogP contribution in [-0.4, -0.2) is 22.8 Å². The molecular weight excluding hydrogens is 500 g/mol. The molecule has 0 saturated carbocycles. The van der Waals surface area contributed by atoms with E-state index in [0.717, 1.165) is 39.4 Å². The molecule has 7 nitrogen and oxygen atoms in total. The number of aryl methyl sites for hydroxylation is 2. The van der Waals surface area contributed by atoms with Crippen molar-refractivity contribution >= 4 is 17.7 Å². The molecule has 7 heteroatoms. The van der Waals surface area contributed by atoms with Gasteiger partial charge in [0.15, 0.2) is 5.82 Å². The van der Waals surface area contributed by atoms with Gasteiger partial charge in [-0.15, -0.1) is 0 Å². The number of ether oxygens (including phenoxy) is 1. The number of nitro groups is 1. The Balaban J connectivity index is 1.83. The Morgan fingerprint density at radius 2 is 1.43 bits per heavy atom. The number of nitriles is 1. The van der Waals surface area contributed by atoms with E-state index in [0.29, 0.717) is 22.5 Å². The van der Waals surface area contributed by atoms with Crippen molar-refractivity contribution in [1.29, 1.82) is 5.26 Å². The summed E-state index contributed by atoms with van der Waals surface area (Å²) in [5.41, 5.74) is 7.25. The van der Waals surface area contributed by atoms with Crippen LogP contribution in [0.1, 0.15) is 22.3 Å². The smallest absolute Gasteiger partial charge is 0.269 e. The van der Waals surface area contributed by atoms with Gasteiger partial charge in [-0.25, -0.2) is 4.99 Å². The molecule has 40 heavy (non-hydrogen) atoms. The molecule has 1 heterocycles. The van der Waals surface area contributed by atoms with Crippen LogP contribution in [0.2, 0.25) is 0 Å². The lowest BCUT2D eigenvalue weighted by Crippen LogP contribution is -1.98. The zero-order valence-electron chi connectivity index (χ0n) is 22.3. The molecule has 196 valence electrons. The molecule has 4 aromatic carbocycles. The van der Waals surface area contributed by atoms with Crippen molar-refractivity contribution in [2.24, 2.45) is 4.99 Å². The van der Waals surface area contributed by atoms with Gasteiger partial charge >= 0.3 is 0 Å². The Bertz CT molecular complexity index is 1740. The molecule has 0 N–H and O–H groups in total. The van der Waals surface area contributed by atoms with E-state index in [1.807, 2.05) is 91.2 Å². The van der Waals surface area contributed by atoms with E-state index >= 15 is 0 Å². The molecule has 1 aromatic heterocycles. The summed E-state index contributed by atoms with van der Waals surface area (Å²) >= 11 is 0. The summed E-state index contributed by atoms with van der Waals surface area (Å²) in [5, 5.41) is 21.9. The van der Waals surface area contributed by atoms with Crippen molar-refractivity contribution in [3.8, 4) is 39.9 Å². The highest BCUT2D eigenvalue weighted by Crippen LogP contribution is 2.45. The summed E-state index contributed by atoms with van der Waals surface area (Å²) in [7, 11) is 1.61. The summed E-state index contributed by atoms with van der Waals surface area (Å²) < 4.78 is 7.26. The van der Waals surface area contributed by atoms with Gasteiger partial charge in [0.05, 0.1) is 17.7 Å². The van der Waals surface area contributed by atoms with Gasteiger partial charge in [0.1, 0.15) is 17.4 Å². The topological polar surface area (TPSA) is 93.4 Å². The predicted molar refractivity (Wildman–Crippen MR) is 158 cm³/mol. The molecule has 0 saturated heterocycles. The quantitative estimate of drug-likeness (QED) is 0.122. The molecule has 5 rings (SSSR count). The number of hydrogen-bond acceptors (Lipinski definition) is 5. The average Bonchev–Trinajstić information content (AvgIpc) is 3.31. The van der Waals surface area contributed by atoms with Gasteiger partial charge in [0.25, 0.3) is 5.69 Å². The van der Waals surface area contributed by atoms with E-state index in [1.165, 1.54) is 12.1 Å². The molecular formula is C33H26N4O3. The highest BCUT2D eigenvalue weighted by atomic mass is 16.6. The monoisotopic (exact) mass is 526 g/mol. The van der Waals surface area contributed by atoms with E-state index in [-0.39, 0.29) is 5.69 Å². The predicted octanol–water partition coefficient (Wildman–Crippen LogP) is 7.97. The SMILES string of the molecule is COc1ccc(/C=N/c2c(C#N)c(-c3ccc([N+](=O)[O-])cc3)c(-c3ccc(C)cc3)n2-c2ccc(C)cc2)cc1. The third-order valence-corrected chi connectivity index (χ3v) is 6.69. The van der Waals surface area contributed by atoms with Gasteiger partial charge in [-0.2, -0.15) is 5.26 Å². The number of methoxy groups -OCH3 is 1. The molecule has 0 bridgehead atoms. The van der Waals surface area contributed by atoms with E-state index in [2.05, 4.69) is 6.07 Å². The van der Waals surface area contributed by atoms with Gasteiger partial charge < -0.3 is 4.74 Å². The summed E-state index contributed by atoms with van der Waals surface area (Å²) in [6, 6.07) is 32.3. The van der Waals surface area contributed by atoms with Crippen LogP contribution in [-0.2, 0) is 0 Å². The van der Waals surface area contributed by atoms with Crippen molar-refractivity contribution in [2.45, 2.75) is 13.8 Å². The number of non-ortho nitro benzene ring substituents is 1. The summed E-state index contributed by atoms with van der Waals surface area (Å²) in [4.78, 5) is 15.8. The molecule has 0 fully saturated rings. The minimum atomic E-state index is -0.433. The Hall–Kier alpha value is -5.48. The number of hydrogen-bond donors (Lipinski definition) is 0. The highest BCUT2D eigenvalue weighted by molar-refractivity contribution is 5.94. The van der Waals surface area contributed by atoms with Gasteiger partial charge in [-0.05, 0) is 79.1 Å². The first kappa shape index (κ1) is 26.1. The maximum Gasteiger partial charge on any atom is 0.269 e. The number of nitro benzene ring substituents is 1. The molecule has 0 spiro atoms. The first-order valence-corrected chi connectivity index (χ1v) is 12.7. The number of nitrogens with zero attached hydrogens (tertiary/aromatic N) is 4. The maximum atomic E-state index is 11.3. The number of rotatable bonds is 7. The second-order valence-electron chi connectivity index (χ2n) is 9.41. The van der Waals surface area contributed by atoms with Crippen LogP contribution in [0.15, 0.2) is 102 Å². The minimum absolute atomic E-state index is 0.0186. The van der Waals surface area contributed by atoms with Crippen molar-refractivity contribution in [2.75, 3.05) is 7.11 Å². The average molecular weight is 527 g/mol. The van der Waals surface area contributed by atoms with Crippen LogP contribution in [0.3, 0.4) is 0 Å². The van der Waals surface area contributed by atoms with Gasteiger partial charge in [-0.3, -0.25) is 14.7 Å². The Kier molecular flexibility index (Phi) is 7.25. The van der Waals surface area contributed by atoms with Crippen molar-refractivity contribution < 1.29 is 9.66 Å². The fraction of sp³-hybridized carbons (Fsp3) is 0.0909. The Morgan fingerprint density at radius 3 is 1.98 bits per heavy atom. The summed E-state index contributed by atoms with van der Waals surface area (Å²) in [6.45, 7) is 4.04. The largest absolute Gasteiger partial charge is 0.497 e. The lowest BCUT2D eigenvalue weighted by Gasteiger charge is -2.14. The van der Waals surface area contributed by atoms with E-state index in [4.69, 9.17) is 9.73 Å². The van der Waals surface area contributed by atoms with E-state index in [9.17, 15) is 15.4 Å². The van der Waals surface area contributed by atoms with Crippen LogP contribution in [0.5, 0.6) is 5.75 Å². The van der Waals surface area contributed by atoms with Gasteiger partial charge in [-0.1, -0.05) is 47.5 Å². The van der Waals surface area contributed by atoms with Gasteiger partial charge in [0, 0.05) is 29.6 Å². The number of aromatic nitrogens is 1. The molecule has 0 aliphatic heterocycles. The molecule has 0 aliphatic carbocycles. The molecule has 0 aliphatic rings. The fourth-order valence-electron chi connectivity index (χ4n) is 4.57. The zero-order valence-corrected chi connectivity index (χ0v) is 22.3. The zero-order chi connectivity index (χ0) is 28.2. The third-order valence-electron chi connectivity index (χ3n) is 6.69. The number of aliphatic imine (C=N–C) groups is 1.